The molecule has 1 N–H and O–H groups in total. The number of nitrogens with zero attached hydrogens (tertiary/aromatic N) is 1. The second-order valence-corrected chi connectivity index (χ2v) is 8.31. The van der Waals surface area contributed by atoms with E-state index in [0.717, 1.165) is 17.9 Å². The monoisotopic (exact) mass is 297 g/mol. The Balaban J connectivity index is 1.58. The SMILES string of the molecule is Oc1ccc2c(c1)[C@]13CCCC[C@H]1[C@H](C2)N(CC1CC1)CC3. The average molecular weight is 297 g/mol. The minimum Gasteiger partial charge on any atom is -0.508 e. The number of hydrogen-bond donors (Lipinski definition) is 1. The quantitative estimate of drug-likeness (QED) is 0.896. The van der Waals surface area contributed by atoms with E-state index in [1.165, 1.54) is 75.6 Å². The molecule has 5 rings (SSSR count). The molecule has 1 aliphatic heterocycles. The van der Waals surface area contributed by atoms with E-state index in [0.29, 0.717) is 11.2 Å². The molecule has 0 spiro atoms. The second kappa shape index (κ2) is 4.74. The Hall–Kier alpha value is -1.02. The van der Waals surface area contributed by atoms with Gasteiger partial charge in [-0.25, -0.2) is 0 Å². The van der Waals surface area contributed by atoms with Gasteiger partial charge in [0, 0.05) is 18.0 Å². The lowest BCUT2D eigenvalue weighted by Crippen LogP contribution is -2.61. The zero-order chi connectivity index (χ0) is 14.7. The van der Waals surface area contributed by atoms with E-state index >= 15 is 0 Å². The van der Waals surface area contributed by atoms with Crippen LogP contribution in [0.15, 0.2) is 18.2 Å². The third-order valence-corrected chi connectivity index (χ3v) is 7.12. The van der Waals surface area contributed by atoms with E-state index in [9.17, 15) is 5.11 Å². The molecule has 1 aromatic carbocycles. The van der Waals surface area contributed by atoms with Crippen molar-refractivity contribution in [3.63, 3.8) is 0 Å². The summed E-state index contributed by atoms with van der Waals surface area (Å²) < 4.78 is 0. The van der Waals surface area contributed by atoms with Gasteiger partial charge < -0.3 is 5.11 Å². The van der Waals surface area contributed by atoms with Gasteiger partial charge in [0.05, 0.1) is 0 Å². The summed E-state index contributed by atoms with van der Waals surface area (Å²) >= 11 is 0. The molecule has 0 amide bonds. The molecule has 1 aromatic rings. The molecule has 1 saturated heterocycles. The number of phenols is 1. The molecular weight excluding hydrogens is 270 g/mol. The molecule has 3 atom stereocenters. The van der Waals surface area contributed by atoms with Crippen LogP contribution in [-0.4, -0.2) is 29.1 Å². The number of hydrogen-bond acceptors (Lipinski definition) is 2. The Bertz CT molecular complexity index is 593. The molecule has 3 aliphatic carbocycles. The van der Waals surface area contributed by atoms with Crippen molar-refractivity contribution >= 4 is 0 Å². The van der Waals surface area contributed by atoms with Crippen LogP contribution in [-0.2, 0) is 11.8 Å². The van der Waals surface area contributed by atoms with Gasteiger partial charge >= 0.3 is 0 Å². The van der Waals surface area contributed by atoms with E-state index in [-0.39, 0.29) is 0 Å². The summed E-state index contributed by atoms with van der Waals surface area (Å²) in [5, 5.41) is 10.0. The second-order valence-electron chi connectivity index (χ2n) is 8.31. The number of phenolic OH excluding ortho intramolecular Hbond substituents is 1. The standard InChI is InChI=1S/C20H27NO/c22-16-7-6-15-11-19-17-3-1-2-8-20(17,18(15)12-16)9-10-21(19)13-14-4-5-14/h6-7,12,14,17,19,22H,1-5,8-11,13H2/t17-,19-,20-/m0/s1. The lowest BCUT2D eigenvalue weighted by molar-refractivity contribution is -0.0134. The summed E-state index contributed by atoms with van der Waals surface area (Å²) in [5.41, 5.74) is 3.43. The first kappa shape index (κ1) is 13.4. The van der Waals surface area contributed by atoms with Gasteiger partial charge in [-0.15, -0.1) is 0 Å². The zero-order valence-corrected chi connectivity index (χ0v) is 13.4. The van der Waals surface area contributed by atoms with Gasteiger partial charge in [-0.05, 0) is 80.2 Å². The number of likely N-dealkylation sites (tertiary alicyclic amines) is 1. The maximum Gasteiger partial charge on any atom is 0.115 e. The molecule has 2 nitrogen and oxygen atoms in total. The largest absolute Gasteiger partial charge is 0.508 e. The first-order valence-corrected chi connectivity index (χ1v) is 9.33. The zero-order valence-electron chi connectivity index (χ0n) is 13.4. The van der Waals surface area contributed by atoms with Crippen molar-refractivity contribution in [3.05, 3.63) is 29.3 Å². The highest BCUT2D eigenvalue weighted by molar-refractivity contribution is 5.45. The number of rotatable bonds is 2. The summed E-state index contributed by atoms with van der Waals surface area (Å²) in [6.07, 6.45) is 11.0. The van der Waals surface area contributed by atoms with Crippen molar-refractivity contribution in [2.75, 3.05) is 13.1 Å². The Morgan fingerprint density at radius 1 is 1.14 bits per heavy atom. The van der Waals surface area contributed by atoms with E-state index < -0.39 is 0 Å². The molecule has 3 fully saturated rings. The van der Waals surface area contributed by atoms with Gasteiger partial charge in [0.2, 0.25) is 0 Å². The van der Waals surface area contributed by atoms with E-state index in [1.807, 2.05) is 6.07 Å². The van der Waals surface area contributed by atoms with Gasteiger partial charge in [-0.1, -0.05) is 18.9 Å². The molecule has 0 unspecified atom stereocenters. The van der Waals surface area contributed by atoms with Crippen LogP contribution in [0.1, 0.15) is 56.1 Å². The van der Waals surface area contributed by atoms with Crippen LogP contribution in [0.2, 0.25) is 0 Å². The molecule has 4 aliphatic rings. The van der Waals surface area contributed by atoms with Gasteiger partial charge in [0.15, 0.2) is 0 Å². The first-order chi connectivity index (χ1) is 10.8. The van der Waals surface area contributed by atoms with E-state index in [1.54, 1.807) is 0 Å². The third-order valence-electron chi connectivity index (χ3n) is 7.12. The smallest absolute Gasteiger partial charge is 0.115 e. The van der Waals surface area contributed by atoms with Gasteiger partial charge in [0.1, 0.15) is 5.75 Å². The lowest BCUT2D eigenvalue weighted by atomic mass is 9.52. The molecule has 22 heavy (non-hydrogen) atoms. The van der Waals surface area contributed by atoms with Crippen LogP contribution >= 0.6 is 0 Å². The van der Waals surface area contributed by atoms with Crippen molar-refractivity contribution in [2.45, 2.75) is 62.8 Å². The van der Waals surface area contributed by atoms with Gasteiger partial charge in [-0.2, -0.15) is 0 Å². The Morgan fingerprint density at radius 2 is 2.05 bits per heavy atom. The van der Waals surface area contributed by atoms with Crippen LogP contribution in [0.25, 0.3) is 0 Å². The van der Waals surface area contributed by atoms with Crippen LogP contribution in [0.4, 0.5) is 0 Å². The summed E-state index contributed by atoms with van der Waals surface area (Å²) in [7, 11) is 0. The number of benzene rings is 1. The van der Waals surface area contributed by atoms with Crippen LogP contribution in [0.5, 0.6) is 5.75 Å². The average Bonchev–Trinajstić information content (AvgIpc) is 3.35. The molecule has 2 bridgehead atoms. The highest BCUT2D eigenvalue weighted by Crippen LogP contribution is 2.56. The predicted molar refractivity (Wildman–Crippen MR) is 88.1 cm³/mol. The number of piperidine rings is 1. The maximum atomic E-state index is 10.0. The molecular formula is C20H27NO. The summed E-state index contributed by atoms with van der Waals surface area (Å²) in [6.45, 7) is 2.64. The van der Waals surface area contributed by atoms with Crippen LogP contribution < -0.4 is 0 Å². The molecule has 2 heteroatoms. The predicted octanol–water partition coefficient (Wildman–Crippen LogP) is 3.86. The van der Waals surface area contributed by atoms with Gasteiger partial charge in [0.25, 0.3) is 0 Å². The Morgan fingerprint density at radius 3 is 2.91 bits per heavy atom. The minimum absolute atomic E-state index is 0.384. The lowest BCUT2D eigenvalue weighted by Gasteiger charge is -2.59. The van der Waals surface area contributed by atoms with Crippen molar-refractivity contribution in [1.29, 1.82) is 0 Å². The van der Waals surface area contributed by atoms with Gasteiger partial charge in [-0.3, -0.25) is 4.90 Å². The third kappa shape index (κ3) is 1.89. The topological polar surface area (TPSA) is 23.5 Å². The molecule has 1 heterocycles. The summed E-state index contributed by atoms with van der Waals surface area (Å²) in [4.78, 5) is 2.85. The van der Waals surface area contributed by atoms with E-state index in [2.05, 4.69) is 17.0 Å². The Kier molecular flexibility index (Phi) is 2.89. The molecule has 0 aromatic heterocycles. The highest BCUT2D eigenvalue weighted by atomic mass is 16.3. The molecule has 0 radical (unpaired) electrons. The number of aromatic hydroxyl groups is 1. The van der Waals surface area contributed by atoms with Crippen molar-refractivity contribution < 1.29 is 5.11 Å². The summed E-state index contributed by atoms with van der Waals surface area (Å²) in [6, 6.07) is 7.00. The van der Waals surface area contributed by atoms with Crippen molar-refractivity contribution in [3.8, 4) is 5.75 Å². The molecule has 118 valence electrons. The first-order valence-electron chi connectivity index (χ1n) is 9.33. The Labute approximate surface area is 133 Å². The number of fused-ring (bicyclic) bond motifs is 1. The normalized spacial score (nSPS) is 37.5. The van der Waals surface area contributed by atoms with E-state index in [4.69, 9.17) is 0 Å². The molecule has 2 saturated carbocycles. The minimum atomic E-state index is 0.384. The fraction of sp³-hybridized carbons (Fsp3) is 0.700. The summed E-state index contributed by atoms with van der Waals surface area (Å²) in [5.74, 6) is 2.30. The highest BCUT2D eigenvalue weighted by Gasteiger charge is 2.54. The maximum absolute atomic E-state index is 10.0. The van der Waals surface area contributed by atoms with Crippen molar-refractivity contribution in [1.82, 2.24) is 4.90 Å². The van der Waals surface area contributed by atoms with Crippen LogP contribution in [0.3, 0.4) is 0 Å². The fourth-order valence-electron chi connectivity index (χ4n) is 5.93. The fourth-order valence-corrected chi connectivity index (χ4v) is 5.93. The van der Waals surface area contributed by atoms with Crippen LogP contribution in [0, 0.1) is 11.8 Å². The van der Waals surface area contributed by atoms with Crippen molar-refractivity contribution in [2.24, 2.45) is 11.8 Å².